The zero-order chi connectivity index (χ0) is 13.0. The molecule has 0 unspecified atom stereocenters. The molecule has 1 heterocycles. The number of benzene rings is 2. The van der Waals surface area contributed by atoms with Crippen molar-refractivity contribution in [1.29, 1.82) is 0 Å². The average molecular weight is 255 g/mol. The molecule has 0 spiro atoms. The van der Waals surface area contributed by atoms with Crippen LogP contribution in [0.3, 0.4) is 0 Å². The van der Waals surface area contributed by atoms with E-state index in [1.165, 1.54) is 38.5 Å². The normalized spacial score (nSPS) is 11.6. The number of nitrogens with zero attached hydrogens (tertiary/aromatic N) is 1. The molecule has 0 atom stereocenters. The van der Waals surface area contributed by atoms with E-state index in [0.717, 1.165) is 4.90 Å². The topological polar surface area (TPSA) is 4.93 Å². The molecule has 0 aliphatic heterocycles. The lowest BCUT2D eigenvalue weighted by molar-refractivity contribution is 1.01. The van der Waals surface area contributed by atoms with Crippen LogP contribution in [-0.4, -0.2) is 4.57 Å². The number of hydrogen-bond donors (Lipinski definition) is 1. The van der Waals surface area contributed by atoms with Crippen molar-refractivity contribution in [1.82, 2.24) is 4.57 Å². The van der Waals surface area contributed by atoms with Crippen molar-refractivity contribution in [2.45, 2.75) is 25.7 Å². The van der Waals surface area contributed by atoms with Crippen LogP contribution in [0.25, 0.3) is 21.8 Å². The highest BCUT2D eigenvalue weighted by Gasteiger charge is 2.10. The Labute approximate surface area is 113 Å². The summed E-state index contributed by atoms with van der Waals surface area (Å²) in [4.78, 5) is 1.06. The van der Waals surface area contributed by atoms with Crippen LogP contribution >= 0.6 is 12.6 Å². The van der Waals surface area contributed by atoms with E-state index in [9.17, 15) is 0 Å². The van der Waals surface area contributed by atoms with Gasteiger partial charge in [-0.15, -0.1) is 12.6 Å². The molecule has 0 saturated carbocycles. The van der Waals surface area contributed by atoms with Crippen molar-refractivity contribution in [2.24, 2.45) is 7.05 Å². The molecule has 3 aromatic rings. The summed E-state index contributed by atoms with van der Waals surface area (Å²) in [5.74, 6) is 0. The Morgan fingerprint density at radius 2 is 1.28 bits per heavy atom. The van der Waals surface area contributed by atoms with Crippen molar-refractivity contribution < 1.29 is 0 Å². The van der Waals surface area contributed by atoms with Gasteiger partial charge in [0.2, 0.25) is 0 Å². The van der Waals surface area contributed by atoms with Crippen LogP contribution in [0.5, 0.6) is 0 Å². The largest absolute Gasteiger partial charge is 0.344 e. The predicted molar refractivity (Wildman–Crippen MR) is 81.9 cm³/mol. The standard InChI is InChI=1S/C16H17NS/c1-9-5-12-13-8-16(18)11(3)7-15(13)17(4)14(12)6-10(9)2/h5-8,18H,1-4H3. The lowest BCUT2D eigenvalue weighted by atomic mass is 10.0. The third-order valence-electron chi connectivity index (χ3n) is 3.94. The molecule has 2 heteroatoms. The predicted octanol–water partition coefficient (Wildman–Crippen LogP) is 4.55. The van der Waals surface area contributed by atoms with Gasteiger partial charge in [0.1, 0.15) is 0 Å². The molecule has 0 aliphatic rings. The average Bonchev–Trinajstić information content (AvgIpc) is 2.56. The van der Waals surface area contributed by atoms with Crippen molar-refractivity contribution in [3.05, 3.63) is 41.0 Å². The highest BCUT2D eigenvalue weighted by Crippen LogP contribution is 2.32. The molecule has 0 amide bonds. The fraction of sp³-hybridized carbons (Fsp3) is 0.250. The lowest BCUT2D eigenvalue weighted by Gasteiger charge is -2.02. The first kappa shape index (κ1) is 11.7. The number of fused-ring (bicyclic) bond motifs is 3. The van der Waals surface area contributed by atoms with Gasteiger partial charge in [0, 0.05) is 33.7 Å². The molecular weight excluding hydrogens is 238 g/mol. The molecule has 0 N–H and O–H groups in total. The van der Waals surface area contributed by atoms with Gasteiger partial charge in [-0.3, -0.25) is 0 Å². The van der Waals surface area contributed by atoms with Crippen LogP contribution in [-0.2, 0) is 7.05 Å². The third-order valence-corrected chi connectivity index (χ3v) is 4.42. The minimum atomic E-state index is 1.06. The molecule has 18 heavy (non-hydrogen) atoms. The third kappa shape index (κ3) is 1.49. The van der Waals surface area contributed by atoms with E-state index < -0.39 is 0 Å². The summed E-state index contributed by atoms with van der Waals surface area (Å²) >= 11 is 4.55. The first-order valence-corrected chi connectivity index (χ1v) is 6.62. The number of aryl methyl sites for hydroxylation is 4. The van der Waals surface area contributed by atoms with Gasteiger partial charge in [0.25, 0.3) is 0 Å². The van der Waals surface area contributed by atoms with E-state index in [4.69, 9.17) is 0 Å². The van der Waals surface area contributed by atoms with Gasteiger partial charge < -0.3 is 4.57 Å². The Kier molecular flexibility index (Phi) is 2.46. The summed E-state index contributed by atoms with van der Waals surface area (Å²) in [5.41, 5.74) is 6.49. The Morgan fingerprint density at radius 1 is 0.778 bits per heavy atom. The maximum absolute atomic E-state index is 4.55. The minimum Gasteiger partial charge on any atom is -0.344 e. The van der Waals surface area contributed by atoms with Crippen molar-refractivity contribution in [3.63, 3.8) is 0 Å². The summed E-state index contributed by atoms with van der Waals surface area (Å²) in [5, 5.41) is 2.62. The fourth-order valence-electron chi connectivity index (χ4n) is 2.60. The Balaban J connectivity index is 2.58. The second kappa shape index (κ2) is 3.79. The van der Waals surface area contributed by atoms with Gasteiger partial charge in [0.15, 0.2) is 0 Å². The minimum absolute atomic E-state index is 1.06. The van der Waals surface area contributed by atoms with Gasteiger partial charge in [-0.05, 0) is 61.7 Å². The van der Waals surface area contributed by atoms with Crippen LogP contribution in [0.1, 0.15) is 16.7 Å². The highest BCUT2D eigenvalue weighted by molar-refractivity contribution is 7.80. The van der Waals surface area contributed by atoms with Crippen LogP contribution in [0.15, 0.2) is 29.2 Å². The first-order valence-electron chi connectivity index (χ1n) is 6.18. The van der Waals surface area contributed by atoms with E-state index in [-0.39, 0.29) is 0 Å². The number of aromatic nitrogens is 1. The molecule has 1 aromatic heterocycles. The van der Waals surface area contributed by atoms with Crippen LogP contribution < -0.4 is 0 Å². The number of rotatable bonds is 0. The number of hydrogen-bond acceptors (Lipinski definition) is 1. The van der Waals surface area contributed by atoms with Gasteiger partial charge in [-0.1, -0.05) is 0 Å². The maximum Gasteiger partial charge on any atom is 0.0492 e. The molecule has 0 bridgehead atoms. The summed E-state index contributed by atoms with van der Waals surface area (Å²) in [6.45, 7) is 6.45. The van der Waals surface area contributed by atoms with E-state index in [1.54, 1.807) is 0 Å². The van der Waals surface area contributed by atoms with Crippen LogP contribution in [0.2, 0.25) is 0 Å². The molecule has 0 saturated heterocycles. The van der Waals surface area contributed by atoms with Crippen molar-refractivity contribution in [2.75, 3.05) is 0 Å². The monoisotopic (exact) mass is 255 g/mol. The van der Waals surface area contributed by atoms with Gasteiger partial charge in [-0.25, -0.2) is 0 Å². The summed E-state index contributed by atoms with van der Waals surface area (Å²) in [6, 6.07) is 8.97. The molecule has 0 radical (unpaired) electrons. The molecule has 1 nitrogen and oxygen atoms in total. The van der Waals surface area contributed by atoms with E-state index >= 15 is 0 Å². The lowest BCUT2D eigenvalue weighted by Crippen LogP contribution is -1.88. The maximum atomic E-state index is 4.55. The molecular formula is C16H17NS. The van der Waals surface area contributed by atoms with E-state index in [1.807, 2.05) is 0 Å². The molecule has 0 fully saturated rings. The second-order valence-electron chi connectivity index (χ2n) is 5.17. The second-order valence-corrected chi connectivity index (χ2v) is 5.65. The molecule has 92 valence electrons. The number of thiol groups is 1. The van der Waals surface area contributed by atoms with Gasteiger partial charge in [-0.2, -0.15) is 0 Å². The SMILES string of the molecule is Cc1cc2c3cc(S)c(C)cc3n(C)c2cc1C. The van der Waals surface area contributed by atoms with Crippen LogP contribution in [0.4, 0.5) is 0 Å². The Bertz CT molecular complexity index is 716. The van der Waals surface area contributed by atoms with Gasteiger partial charge >= 0.3 is 0 Å². The summed E-state index contributed by atoms with van der Waals surface area (Å²) in [7, 11) is 2.14. The first-order chi connectivity index (χ1) is 8.49. The van der Waals surface area contributed by atoms with Crippen molar-refractivity contribution in [3.8, 4) is 0 Å². The van der Waals surface area contributed by atoms with E-state index in [0.29, 0.717) is 0 Å². The van der Waals surface area contributed by atoms with E-state index in [2.05, 4.69) is 69.3 Å². The summed E-state index contributed by atoms with van der Waals surface area (Å²) in [6.07, 6.45) is 0. The smallest absolute Gasteiger partial charge is 0.0492 e. The molecule has 2 aromatic carbocycles. The van der Waals surface area contributed by atoms with Gasteiger partial charge in [0.05, 0.1) is 0 Å². The zero-order valence-electron chi connectivity index (χ0n) is 11.2. The zero-order valence-corrected chi connectivity index (χ0v) is 12.1. The quantitative estimate of drug-likeness (QED) is 0.562. The Hall–Kier alpha value is -1.41. The molecule has 0 aliphatic carbocycles. The Morgan fingerprint density at radius 3 is 1.94 bits per heavy atom. The van der Waals surface area contributed by atoms with Crippen molar-refractivity contribution >= 4 is 34.4 Å². The van der Waals surface area contributed by atoms with Crippen LogP contribution in [0, 0.1) is 20.8 Å². The fourth-order valence-corrected chi connectivity index (χ4v) is 2.79. The highest BCUT2D eigenvalue weighted by atomic mass is 32.1. The molecule has 3 rings (SSSR count). The summed E-state index contributed by atoms with van der Waals surface area (Å²) < 4.78 is 2.28.